The molecule has 1 rings (SSSR count). The Morgan fingerprint density at radius 3 is 3.00 bits per heavy atom. The third kappa shape index (κ3) is 3.19. The fraction of sp³-hybridized carbons (Fsp3) is 0.889. The van der Waals surface area contributed by atoms with Gasteiger partial charge in [0.25, 0.3) is 0 Å². The molecule has 0 amide bonds. The van der Waals surface area contributed by atoms with E-state index in [0.29, 0.717) is 17.8 Å². The standard InChI is InChI=1S/C9H17NO2S/c1-12-9(11)6-10-7-4-3-5-8(7)13-2/h7-8,10H,3-6H2,1-2H3. The van der Waals surface area contributed by atoms with E-state index in [1.54, 1.807) is 0 Å². The molecule has 0 radical (unpaired) electrons. The Morgan fingerprint density at radius 2 is 2.38 bits per heavy atom. The van der Waals surface area contributed by atoms with Crippen molar-refractivity contribution in [2.75, 3.05) is 19.9 Å². The molecule has 0 aromatic rings. The number of esters is 1. The van der Waals surface area contributed by atoms with Gasteiger partial charge in [-0.2, -0.15) is 11.8 Å². The molecule has 3 nitrogen and oxygen atoms in total. The van der Waals surface area contributed by atoms with Crippen LogP contribution < -0.4 is 5.32 Å². The first kappa shape index (κ1) is 10.9. The van der Waals surface area contributed by atoms with E-state index in [2.05, 4.69) is 16.3 Å². The molecule has 0 bridgehead atoms. The van der Waals surface area contributed by atoms with Gasteiger partial charge in [0, 0.05) is 11.3 Å². The quantitative estimate of drug-likeness (QED) is 0.693. The predicted octanol–water partition coefficient (Wildman–Crippen LogP) is 1.03. The zero-order chi connectivity index (χ0) is 9.68. The molecule has 0 aromatic carbocycles. The summed E-state index contributed by atoms with van der Waals surface area (Å²) in [4.78, 5) is 10.9. The summed E-state index contributed by atoms with van der Waals surface area (Å²) >= 11 is 1.89. The van der Waals surface area contributed by atoms with E-state index in [4.69, 9.17) is 0 Å². The smallest absolute Gasteiger partial charge is 0.319 e. The molecule has 1 aliphatic carbocycles. The van der Waals surface area contributed by atoms with Crippen LogP contribution in [0.5, 0.6) is 0 Å². The normalized spacial score (nSPS) is 27.5. The second-order valence-electron chi connectivity index (χ2n) is 3.27. The van der Waals surface area contributed by atoms with Crippen molar-refractivity contribution in [1.82, 2.24) is 5.32 Å². The number of hydrogen-bond acceptors (Lipinski definition) is 4. The van der Waals surface area contributed by atoms with Crippen molar-refractivity contribution in [2.45, 2.75) is 30.6 Å². The van der Waals surface area contributed by atoms with Crippen LogP contribution >= 0.6 is 11.8 Å². The lowest BCUT2D eigenvalue weighted by molar-refractivity contribution is -0.139. The number of thioether (sulfide) groups is 1. The monoisotopic (exact) mass is 203 g/mol. The largest absolute Gasteiger partial charge is 0.468 e. The first-order valence-electron chi connectivity index (χ1n) is 4.61. The summed E-state index contributed by atoms with van der Waals surface area (Å²) < 4.78 is 4.57. The summed E-state index contributed by atoms with van der Waals surface area (Å²) in [6.07, 6.45) is 5.84. The van der Waals surface area contributed by atoms with E-state index >= 15 is 0 Å². The summed E-state index contributed by atoms with van der Waals surface area (Å²) in [7, 11) is 1.42. The van der Waals surface area contributed by atoms with Crippen molar-refractivity contribution in [3.63, 3.8) is 0 Å². The molecule has 0 aromatic heterocycles. The molecule has 4 heteroatoms. The van der Waals surface area contributed by atoms with Gasteiger partial charge in [0.1, 0.15) is 0 Å². The van der Waals surface area contributed by atoms with Crippen molar-refractivity contribution in [1.29, 1.82) is 0 Å². The minimum atomic E-state index is -0.174. The lowest BCUT2D eigenvalue weighted by Gasteiger charge is -2.18. The number of methoxy groups -OCH3 is 1. The molecule has 76 valence electrons. The number of carbonyl (C=O) groups excluding carboxylic acids is 1. The number of hydrogen-bond donors (Lipinski definition) is 1. The highest BCUT2D eigenvalue weighted by Crippen LogP contribution is 2.28. The molecule has 0 saturated heterocycles. The Bertz CT molecular complexity index is 175. The molecule has 0 spiro atoms. The van der Waals surface area contributed by atoms with Crippen LogP contribution in [0.25, 0.3) is 0 Å². The summed E-state index contributed by atoms with van der Waals surface area (Å²) in [5.74, 6) is -0.174. The Labute approximate surface area is 83.6 Å². The second-order valence-corrected chi connectivity index (χ2v) is 4.35. The molecular weight excluding hydrogens is 186 g/mol. The van der Waals surface area contributed by atoms with Crippen LogP contribution in [-0.2, 0) is 9.53 Å². The fourth-order valence-electron chi connectivity index (χ4n) is 1.73. The molecule has 1 aliphatic rings. The SMILES string of the molecule is COC(=O)CNC1CCCC1SC. The van der Waals surface area contributed by atoms with Crippen LogP contribution in [0.2, 0.25) is 0 Å². The molecule has 13 heavy (non-hydrogen) atoms. The molecule has 0 heterocycles. The topological polar surface area (TPSA) is 38.3 Å². The van der Waals surface area contributed by atoms with Gasteiger partial charge in [-0.25, -0.2) is 0 Å². The molecule has 2 unspecified atom stereocenters. The van der Waals surface area contributed by atoms with E-state index in [9.17, 15) is 4.79 Å². The van der Waals surface area contributed by atoms with Crippen LogP contribution in [-0.4, -0.2) is 37.2 Å². The van der Waals surface area contributed by atoms with E-state index in [1.807, 2.05) is 11.8 Å². The van der Waals surface area contributed by atoms with E-state index in [-0.39, 0.29) is 5.97 Å². The van der Waals surface area contributed by atoms with Crippen LogP contribution in [0.15, 0.2) is 0 Å². The van der Waals surface area contributed by atoms with Gasteiger partial charge in [-0.15, -0.1) is 0 Å². The minimum Gasteiger partial charge on any atom is -0.468 e. The summed E-state index contributed by atoms with van der Waals surface area (Å²) in [6, 6.07) is 0.495. The van der Waals surface area contributed by atoms with Crippen molar-refractivity contribution in [2.24, 2.45) is 0 Å². The van der Waals surface area contributed by atoms with Gasteiger partial charge in [-0.05, 0) is 19.1 Å². The third-order valence-corrected chi connectivity index (χ3v) is 3.66. The molecule has 2 atom stereocenters. The highest BCUT2D eigenvalue weighted by molar-refractivity contribution is 7.99. The molecule has 1 N–H and O–H groups in total. The summed E-state index contributed by atoms with van der Waals surface area (Å²) in [5, 5.41) is 3.91. The van der Waals surface area contributed by atoms with Crippen molar-refractivity contribution >= 4 is 17.7 Å². The van der Waals surface area contributed by atoms with Gasteiger partial charge in [-0.1, -0.05) is 6.42 Å². The van der Waals surface area contributed by atoms with Crippen LogP contribution in [0.1, 0.15) is 19.3 Å². The summed E-state index contributed by atoms with van der Waals surface area (Å²) in [5.41, 5.74) is 0. The molecule has 1 saturated carbocycles. The zero-order valence-corrected chi connectivity index (χ0v) is 9.02. The molecular formula is C9H17NO2S. The number of nitrogens with one attached hydrogen (secondary N) is 1. The van der Waals surface area contributed by atoms with Gasteiger partial charge in [0.2, 0.25) is 0 Å². The lowest BCUT2D eigenvalue weighted by Crippen LogP contribution is -2.37. The zero-order valence-electron chi connectivity index (χ0n) is 8.21. The van der Waals surface area contributed by atoms with Gasteiger partial charge in [0.05, 0.1) is 13.7 Å². The number of carbonyl (C=O) groups is 1. The van der Waals surface area contributed by atoms with Crippen LogP contribution in [0.4, 0.5) is 0 Å². The van der Waals surface area contributed by atoms with Gasteiger partial charge in [-0.3, -0.25) is 4.79 Å². The minimum absolute atomic E-state index is 0.174. The van der Waals surface area contributed by atoms with Gasteiger partial charge in [0.15, 0.2) is 0 Å². The summed E-state index contributed by atoms with van der Waals surface area (Å²) in [6.45, 7) is 0.345. The Balaban J connectivity index is 2.23. The predicted molar refractivity (Wildman–Crippen MR) is 55.0 cm³/mol. The van der Waals surface area contributed by atoms with Crippen LogP contribution in [0.3, 0.4) is 0 Å². The van der Waals surface area contributed by atoms with E-state index < -0.39 is 0 Å². The van der Waals surface area contributed by atoms with Crippen molar-refractivity contribution in [3.05, 3.63) is 0 Å². The number of ether oxygens (including phenoxy) is 1. The highest BCUT2D eigenvalue weighted by atomic mass is 32.2. The molecule has 0 aliphatic heterocycles. The maximum atomic E-state index is 10.9. The van der Waals surface area contributed by atoms with E-state index in [0.717, 1.165) is 0 Å². The maximum absolute atomic E-state index is 10.9. The third-order valence-electron chi connectivity index (χ3n) is 2.49. The van der Waals surface area contributed by atoms with Gasteiger partial charge < -0.3 is 10.1 Å². The maximum Gasteiger partial charge on any atom is 0.319 e. The Kier molecular flexibility index (Phi) is 4.59. The second kappa shape index (κ2) is 5.50. The van der Waals surface area contributed by atoms with Crippen molar-refractivity contribution < 1.29 is 9.53 Å². The van der Waals surface area contributed by atoms with Crippen molar-refractivity contribution in [3.8, 4) is 0 Å². The Hall–Kier alpha value is -0.220. The lowest BCUT2D eigenvalue weighted by atomic mass is 10.2. The highest BCUT2D eigenvalue weighted by Gasteiger charge is 2.26. The first-order chi connectivity index (χ1) is 6.27. The number of rotatable bonds is 4. The molecule has 1 fully saturated rings. The average molecular weight is 203 g/mol. The van der Waals surface area contributed by atoms with Gasteiger partial charge >= 0.3 is 5.97 Å². The fourth-order valence-corrected chi connectivity index (χ4v) is 2.69. The Morgan fingerprint density at radius 1 is 1.62 bits per heavy atom. The average Bonchev–Trinajstić information content (AvgIpc) is 2.61. The first-order valence-corrected chi connectivity index (χ1v) is 5.89. The van der Waals surface area contributed by atoms with Crippen LogP contribution in [0, 0.1) is 0 Å². The van der Waals surface area contributed by atoms with E-state index in [1.165, 1.54) is 26.4 Å².